The molecule has 1 aromatic carbocycles. The number of hydrogen-bond acceptors (Lipinski definition) is 2. The van der Waals surface area contributed by atoms with Crippen LogP contribution in [0.1, 0.15) is 11.3 Å². The molecule has 68 valence electrons. The van der Waals surface area contributed by atoms with E-state index in [9.17, 15) is 5.11 Å². The molecule has 2 rings (SSSR count). The van der Waals surface area contributed by atoms with Gasteiger partial charge in [-0.25, -0.2) is 0 Å². The van der Waals surface area contributed by atoms with Gasteiger partial charge in [-0.05, 0) is 18.6 Å². The molecule has 13 heavy (non-hydrogen) atoms. The lowest BCUT2D eigenvalue weighted by atomic mass is 10.1. The van der Waals surface area contributed by atoms with Crippen molar-refractivity contribution in [3.63, 3.8) is 0 Å². The van der Waals surface area contributed by atoms with Crippen molar-refractivity contribution in [2.45, 2.75) is 13.5 Å². The number of aryl methyl sites for hydroxylation is 1. The van der Waals surface area contributed by atoms with Crippen LogP contribution in [0.5, 0.6) is 5.75 Å². The molecule has 0 spiro atoms. The number of rotatable bonds is 1. The van der Waals surface area contributed by atoms with E-state index >= 15 is 0 Å². The molecule has 3 heteroatoms. The van der Waals surface area contributed by atoms with Crippen molar-refractivity contribution in [2.24, 2.45) is 5.73 Å². The summed E-state index contributed by atoms with van der Waals surface area (Å²) in [5.41, 5.74) is 8.43. The SMILES string of the molecule is Cc1c(CN)[nH]c2c(O)cccc12. The van der Waals surface area contributed by atoms with Crippen LogP contribution in [0.25, 0.3) is 10.9 Å². The fourth-order valence-corrected chi connectivity index (χ4v) is 1.60. The Hall–Kier alpha value is -1.48. The molecule has 1 heterocycles. The normalized spacial score (nSPS) is 10.9. The summed E-state index contributed by atoms with van der Waals surface area (Å²) in [6.07, 6.45) is 0. The van der Waals surface area contributed by atoms with Gasteiger partial charge in [-0.3, -0.25) is 0 Å². The minimum absolute atomic E-state index is 0.278. The van der Waals surface area contributed by atoms with E-state index in [2.05, 4.69) is 4.98 Å². The molecule has 4 N–H and O–H groups in total. The summed E-state index contributed by atoms with van der Waals surface area (Å²) < 4.78 is 0. The number of phenols is 1. The molecular weight excluding hydrogens is 164 g/mol. The molecule has 0 amide bonds. The van der Waals surface area contributed by atoms with E-state index in [0.717, 1.165) is 22.2 Å². The third-order valence-corrected chi connectivity index (χ3v) is 2.38. The summed E-state index contributed by atoms with van der Waals surface area (Å²) in [7, 11) is 0. The molecule has 3 nitrogen and oxygen atoms in total. The van der Waals surface area contributed by atoms with Crippen LogP contribution in [-0.4, -0.2) is 10.1 Å². The van der Waals surface area contributed by atoms with E-state index in [1.165, 1.54) is 0 Å². The summed E-state index contributed by atoms with van der Waals surface area (Å²) in [6.45, 7) is 2.47. The largest absolute Gasteiger partial charge is 0.506 e. The van der Waals surface area contributed by atoms with Gasteiger partial charge < -0.3 is 15.8 Å². The Labute approximate surface area is 76.2 Å². The second kappa shape index (κ2) is 2.78. The molecule has 0 unspecified atom stereocenters. The molecule has 0 aliphatic heterocycles. The molecule has 0 aliphatic carbocycles. The van der Waals surface area contributed by atoms with Crippen LogP contribution in [0.2, 0.25) is 0 Å². The molecular formula is C10H12N2O. The maximum absolute atomic E-state index is 9.53. The number of hydrogen-bond donors (Lipinski definition) is 3. The molecule has 1 aromatic heterocycles. The highest BCUT2D eigenvalue weighted by molar-refractivity contribution is 5.89. The van der Waals surface area contributed by atoms with Gasteiger partial charge >= 0.3 is 0 Å². The molecule has 0 saturated heterocycles. The summed E-state index contributed by atoms with van der Waals surface area (Å²) in [5, 5.41) is 10.6. The number of fused-ring (bicyclic) bond motifs is 1. The Balaban J connectivity index is 2.83. The van der Waals surface area contributed by atoms with Gasteiger partial charge in [-0.2, -0.15) is 0 Å². The summed E-state index contributed by atoms with van der Waals surface area (Å²) in [5.74, 6) is 0.278. The van der Waals surface area contributed by atoms with Crippen molar-refractivity contribution in [3.05, 3.63) is 29.5 Å². The average Bonchev–Trinajstić information content (AvgIpc) is 2.45. The Morgan fingerprint density at radius 2 is 2.23 bits per heavy atom. The van der Waals surface area contributed by atoms with Crippen LogP contribution < -0.4 is 5.73 Å². The zero-order chi connectivity index (χ0) is 9.42. The van der Waals surface area contributed by atoms with E-state index < -0.39 is 0 Å². The molecule has 0 atom stereocenters. The first-order chi connectivity index (χ1) is 6.24. The third kappa shape index (κ3) is 1.09. The van der Waals surface area contributed by atoms with Gasteiger partial charge in [0.1, 0.15) is 5.75 Å². The standard InChI is InChI=1S/C10H12N2O/c1-6-7-3-2-4-9(13)10(7)12-8(6)5-11/h2-4,12-13H,5,11H2,1H3. The van der Waals surface area contributed by atoms with Crippen molar-refractivity contribution >= 4 is 10.9 Å². The second-order valence-electron chi connectivity index (χ2n) is 3.13. The van der Waals surface area contributed by atoms with Crippen molar-refractivity contribution in [1.29, 1.82) is 0 Å². The van der Waals surface area contributed by atoms with Gasteiger partial charge in [0.2, 0.25) is 0 Å². The van der Waals surface area contributed by atoms with Crippen molar-refractivity contribution in [1.82, 2.24) is 4.98 Å². The number of para-hydroxylation sites is 1. The Kier molecular flexibility index (Phi) is 1.74. The zero-order valence-corrected chi connectivity index (χ0v) is 7.46. The lowest BCUT2D eigenvalue weighted by Gasteiger charge is -1.93. The third-order valence-electron chi connectivity index (χ3n) is 2.38. The maximum atomic E-state index is 9.53. The fraction of sp³-hybridized carbons (Fsp3) is 0.200. The van der Waals surface area contributed by atoms with E-state index in [-0.39, 0.29) is 5.75 Å². The molecule has 0 saturated carbocycles. The molecule has 0 radical (unpaired) electrons. The van der Waals surface area contributed by atoms with E-state index in [1.54, 1.807) is 6.07 Å². The van der Waals surface area contributed by atoms with Gasteiger partial charge in [0.15, 0.2) is 0 Å². The number of phenolic OH excluding ortho intramolecular Hbond substituents is 1. The predicted octanol–water partition coefficient (Wildman–Crippen LogP) is 1.64. The van der Waals surface area contributed by atoms with Gasteiger partial charge in [-0.1, -0.05) is 12.1 Å². The summed E-state index contributed by atoms with van der Waals surface area (Å²) >= 11 is 0. The number of aromatic amines is 1. The smallest absolute Gasteiger partial charge is 0.139 e. The molecule has 0 fully saturated rings. The number of aromatic nitrogens is 1. The summed E-state index contributed by atoms with van der Waals surface area (Å²) in [4.78, 5) is 3.11. The summed E-state index contributed by atoms with van der Waals surface area (Å²) in [6, 6.07) is 5.47. The highest BCUT2D eigenvalue weighted by atomic mass is 16.3. The number of benzene rings is 1. The van der Waals surface area contributed by atoms with Crippen LogP contribution in [-0.2, 0) is 6.54 Å². The van der Waals surface area contributed by atoms with Crippen molar-refractivity contribution in [3.8, 4) is 5.75 Å². The van der Waals surface area contributed by atoms with Gasteiger partial charge in [0, 0.05) is 17.6 Å². The number of nitrogens with two attached hydrogens (primary N) is 1. The second-order valence-corrected chi connectivity index (χ2v) is 3.13. The molecule has 0 bridgehead atoms. The van der Waals surface area contributed by atoms with Crippen LogP contribution in [0.15, 0.2) is 18.2 Å². The van der Waals surface area contributed by atoms with Crippen molar-refractivity contribution in [2.75, 3.05) is 0 Å². The van der Waals surface area contributed by atoms with E-state index in [1.807, 2.05) is 19.1 Å². The molecule has 0 aliphatic rings. The first kappa shape index (κ1) is 8.13. The van der Waals surface area contributed by atoms with Crippen LogP contribution in [0.4, 0.5) is 0 Å². The number of nitrogens with one attached hydrogen (secondary N) is 1. The fourth-order valence-electron chi connectivity index (χ4n) is 1.60. The minimum Gasteiger partial charge on any atom is -0.506 e. The topological polar surface area (TPSA) is 62.0 Å². The monoisotopic (exact) mass is 176 g/mol. The predicted molar refractivity (Wildman–Crippen MR) is 52.6 cm³/mol. The number of aromatic hydroxyl groups is 1. The molecule has 2 aromatic rings. The van der Waals surface area contributed by atoms with Gasteiger partial charge in [0.05, 0.1) is 5.52 Å². The Morgan fingerprint density at radius 1 is 1.46 bits per heavy atom. The average molecular weight is 176 g/mol. The van der Waals surface area contributed by atoms with Gasteiger partial charge in [-0.15, -0.1) is 0 Å². The van der Waals surface area contributed by atoms with Gasteiger partial charge in [0.25, 0.3) is 0 Å². The Morgan fingerprint density at radius 3 is 2.85 bits per heavy atom. The van der Waals surface area contributed by atoms with Crippen LogP contribution in [0.3, 0.4) is 0 Å². The van der Waals surface area contributed by atoms with Crippen LogP contribution >= 0.6 is 0 Å². The lowest BCUT2D eigenvalue weighted by molar-refractivity contribution is 0.480. The Bertz CT molecular complexity index is 445. The zero-order valence-electron chi connectivity index (χ0n) is 7.46. The quantitative estimate of drug-likeness (QED) is 0.618. The highest BCUT2D eigenvalue weighted by Gasteiger charge is 2.07. The van der Waals surface area contributed by atoms with Crippen LogP contribution in [0, 0.1) is 6.92 Å². The lowest BCUT2D eigenvalue weighted by Crippen LogP contribution is -1.97. The number of H-pyrrole nitrogens is 1. The first-order valence-corrected chi connectivity index (χ1v) is 4.23. The van der Waals surface area contributed by atoms with E-state index in [4.69, 9.17) is 5.73 Å². The maximum Gasteiger partial charge on any atom is 0.139 e. The minimum atomic E-state index is 0.278. The van der Waals surface area contributed by atoms with E-state index in [0.29, 0.717) is 6.54 Å². The first-order valence-electron chi connectivity index (χ1n) is 4.23. The highest BCUT2D eigenvalue weighted by Crippen LogP contribution is 2.27. The van der Waals surface area contributed by atoms with Crippen molar-refractivity contribution < 1.29 is 5.11 Å².